The van der Waals surface area contributed by atoms with Crippen LogP contribution in [0.1, 0.15) is 26.5 Å². The molecule has 0 unspecified atom stereocenters. The minimum Gasteiger partial charge on any atom is -0.444 e. The summed E-state index contributed by atoms with van der Waals surface area (Å²) in [5.41, 5.74) is 1.82. The number of aromatic nitrogens is 1. The number of alkyl halides is 1. The third-order valence-corrected chi connectivity index (χ3v) is 4.18. The highest BCUT2D eigenvalue weighted by Crippen LogP contribution is 2.27. The molecule has 0 bridgehead atoms. The van der Waals surface area contributed by atoms with Crippen LogP contribution in [0.15, 0.2) is 30.3 Å². The molecular weight excluding hydrogens is 321 g/mol. The number of hydrogen-bond acceptors (Lipinski definition) is 4. The van der Waals surface area contributed by atoms with Gasteiger partial charge in [-0.2, -0.15) is 0 Å². The van der Waals surface area contributed by atoms with Crippen molar-refractivity contribution in [1.29, 1.82) is 0 Å². The van der Waals surface area contributed by atoms with Gasteiger partial charge in [-0.1, -0.05) is 6.07 Å². The molecule has 1 aromatic heterocycles. The molecule has 1 saturated heterocycles. The van der Waals surface area contributed by atoms with Gasteiger partial charge in [-0.15, -0.1) is 0 Å². The van der Waals surface area contributed by atoms with Gasteiger partial charge in [-0.05, 0) is 45.0 Å². The second kappa shape index (κ2) is 6.86. The van der Waals surface area contributed by atoms with E-state index in [0.717, 1.165) is 29.7 Å². The maximum atomic E-state index is 12.8. The lowest BCUT2D eigenvalue weighted by Gasteiger charge is -2.37. The smallest absolute Gasteiger partial charge is 0.410 e. The molecule has 6 heteroatoms. The van der Waals surface area contributed by atoms with Crippen molar-refractivity contribution in [3.63, 3.8) is 0 Å². The maximum Gasteiger partial charge on any atom is 0.410 e. The SMILES string of the molecule is CC(C)(C)OC(=O)N1CCN(c2cccc3nc(CF)ccc23)CC1. The molecule has 0 radical (unpaired) electrons. The monoisotopic (exact) mass is 345 g/mol. The van der Waals surface area contributed by atoms with Gasteiger partial charge in [-0.3, -0.25) is 0 Å². The van der Waals surface area contributed by atoms with E-state index >= 15 is 0 Å². The summed E-state index contributed by atoms with van der Waals surface area (Å²) in [6, 6.07) is 9.53. The van der Waals surface area contributed by atoms with Crippen LogP contribution in [0.2, 0.25) is 0 Å². The quantitative estimate of drug-likeness (QED) is 0.831. The van der Waals surface area contributed by atoms with Crippen molar-refractivity contribution < 1.29 is 13.9 Å². The van der Waals surface area contributed by atoms with Crippen LogP contribution in [-0.2, 0) is 11.4 Å². The van der Waals surface area contributed by atoms with E-state index < -0.39 is 12.3 Å². The molecule has 1 aliphatic rings. The molecular formula is C19H24FN3O2. The van der Waals surface area contributed by atoms with E-state index in [4.69, 9.17) is 4.74 Å². The van der Waals surface area contributed by atoms with Gasteiger partial charge in [0.15, 0.2) is 0 Å². The lowest BCUT2D eigenvalue weighted by Crippen LogP contribution is -2.50. The van der Waals surface area contributed by atoms with Crippen molar-refractivity contribution >= 4 is 22.7 Å². The van der Waals surface area contributed by atoms with Gasteiger partial charge < -0.3 is 14.5 Å². The number of pyridine rings is 1. The number of carbonyl (C=O) groups is 1. The molecule has 1 amide bonds. The van der Waals surface area contributed by atoms with Crippen molar-refractivity contribution in [2.45, 2.75) is 33.0 Å². The number of nitrogens with zero attached hydrogens (tertiary/aromatic N) is 3. The number of benzene rings is 1. The summed E-state index contributed by atoms with van der Waals surface area (Å²) >= 11 is 0. The fraction of sp³-hybridized carbons (Fsp3) is 0.474. The Morgan fingerprint density at radius 3 is 2.52 bits per heavy atom. The Labute approximate surface area is 147 Å². The van der Waals surface area contributed by atoms with Crippen LogP contribution in [-0.4, -0.2) is 47.8 Å². The minimum atomic E-state index is -0.561. The number of halogens is 1. The third kappa shape index (κ3) is 4.00. The van der Waals surface area contributed by atoms with E-state index in [1.165, 1.54) is 0 Å². The third-order valence-electron chi connectivity index (χ3n) is 4.18. The summed E-state index contributed by atoms with van der Waals surface area (Å²) in [6.45, 7) is 7.73. The largest absolute Gasteiger partial charge is 0.444 e. The van der Waals surface area contributed by atoms with Crippen molar-refractivity contribution in [2.75, 3.05) is 31.1 Å². The van der Waals surface area contributed by atoms with Crippen LogP contribution in [0.3, 0.4) is 0 Å². The zero-order valence-electron chi connectivity index (χ0n) is 15.0. The lowest BCUT2D eigenvalue weighted by atomic mass is 10.1. The van der Waals surface area contributed by atoms with Crippen LogP contribution >= 0.6 is 0 Å². The first-order valence-electron chi connectivity index (χ1n) is 8.55. The summed E-state index contributed by atoms with van der Waals surface area (Å²) in [5, 5.41) is 1.01. The Kier molecular flexibility index (Phi) is 4.79. The number of hydrogen-bond donors (Lipinski definition) is 0. The Morgan fingerprint density at radius 2 is 1.88 bits per heavy atom. The summed E-state index contributed by atoms with van der Waals surface area (Å²) < 4.78 is 18.3. The zero-order valence-corrected chi connectivity index (χ0v) is 15.0. The van der Waals surface area contributed by atoms with Gasteiger partial charge in [0, 0.05) is 37.3 Å². The molecule has 0 saturated carbocycles. The highest BCUT2D eigenvalue weighted by Gasteiger charge is 2.26. The fourth-order valence-corrected chi connectivity index (χ4v) is 2.99. The van der Waals surface area contributed by atoms with E-state index in [1.807, 2.05) is 45.0 Å². The molecule has 134 valence electrons. The second-order valence-corrected chi connectivity index (χ2v) is 7.23. The topological polar surface area (TPSA) is 45.7 Å². The highest BCUT2D eigenvalue weighted by atomic mass is 19.1. The molecule has 0 spiro atoms. The van der Waals surface area contributed by atoms with Crippen LogP contribution in [0.4, 0.5) is 14.9 Å². The van der Waals surface area contributed by atoms with Crippen LogP contribution < -0.4 is 4.90 Å². The summed E-state index contributed by atoms with van der Waals surface area (Å²) in [5.74, 6) is 0. The summed E-state index contributed by atoms with van der Waals surface area (Å²) in [4.78, 5) is 20.5. The lowest BCUT2D eigenvalue weighted by molar-refractivity contribution is 0.0240. The van der Waals surface area contributed by atoms with Crippen molar-refractivity contribution in [2.24, 2.45) is 0 Å². The van der Waals surface area contributed by atoms with Crippen LogP contribution in [0.5, 0.6) is 0 Å². The molecule has 2 aromatic rings. The van der Waals surface area contributed by atoms with E-state index in [-0.39, 0.29) is 6.09 Å². The van der Waals surface area contributed by atoms with Gasteiger partial charge >= 0.3 is 6.09 Å². The van der Waals surface area contributed by atoms with Crippen molar-refractivity contribution in [3.05, 3.63) is 36.0 Å². The molecule has 5 nitrogen and oxygen atoms in total. The van der Waals surface area contributed by atoms with E-state index in [1.54, 1.807) is 11.0 Å². The van der Waals surface area contributed by atoms with E-state index in [9.17, 15) is 9.18 Å². The molecule has 1 aromatic carbocycles. The first kappa shape index (κ1) is 17.5. The Balaban J connectivity index is 1.73. The number of ether oxygens (including phenoxy) is 1. The summed E-state index contributed by atoms with van der Waals surface area (Å²) in [7, 11) is 0. The average molecular weight is 345 g/mol. The van der Waals surface area contributed by atoms with Crippen molar-refractivity contribution in [3.8, 4) is 0 Å². The minimum absolute atomic E-state index is 0.265. The van der Waals surface area contributed by atoms with Gasteiger partial charge in [0.05, 0.1) is 11.2 Å². The molecule has 2 heterocycles. The predicted octanol–water partition coefficient (Wildman–Crippen LogP) is 3.76. The number of fused-ring (bicyclic) bond motifs is 1. The molecule has 0 atom stereocenters. The average Bonchev–Trinajstić information content (AvgIpc) is 2.59. The number of carbonyl (C=O) groups excluding carboxylic acids is 1. The molecule has 0 N–H and O–H groups in total. The first-order valence-corrected chi connectivity index (χ1v) is 8.55. The standard InChI is InChI=1S/C19H24FN3O2/c1-19(2,3)25-18(24)23-11-9-22(10-12-23)17-6-4-5-16-15(17)8-7-14(13-20)21-16/h4-8H,9-13H2,1-3H3. The Hall–Kier alpha value is -2.37. The van der Waals surface area contributed by atoms with E-state index in [2.05, 4.69) is 9.88 Å². The van der Waals surface area contributed by atoms with Crippen LogP contribution in [0, 0.1) is 0 Å². The number of anilines is 1. The molecule has 25 heavy (non-hydrogen) atoms. The van der Waals surface area contributed by atoms with E-state index in [0.29, 0.717) is 18.8 Å². The number of amides is 1. The van der Waals surface area contributed by atoms with Crippen LogP contribution in [0.25, 0.3) is 10.9 Å². The summed E-state index contributed by atoms with van der Waals surface area (Å²) in [6.07, 6.45) is -0.265. The normalized spacial score (nSPS) is 15.5. The Morgan fingerprint density at radius 1 is 1.16 bits per heavy atom. The second-order valence-electron chi connectivity index (χ2n) is 7.23. The highest BCUT2D eigenvalue weighted by molar-refractivity contribution is 5.92. The molecule has 3 rings (SSSR count). The maximum absolute atomic E-state index is 12.8. The number of piperazine rings is 1. The Bertz CT molecular complexity index is 765. The van der Waals surface area contributed by atoms with Gasteiger partial charge in [0.25, 0.3) is 0 Å². The zero-order chi connectivity index (χ0) is 18.0. The van der Waals surface area contributed by atoms with Crippen molar-refractivity contribution in [1.82, 2.24) is 9.88 Å². The molecule has 0 aliphatic carbocycles. The first-order chi connectivity index (χ1) is 11.9. The number of rotatable bonds is 2. The molecule has 1 fully saturated rings. The molecule has 1 aliphatic heterocycles. The van der Waals surface area contributed by atoms with Gasteiger partial charge in [-0.25, -0.2) is 14.2 Å². The predicted molar refractivity (Wildman–Crippen MR) is 96.6 cm³/mol. The fourth-order valence-electron chi connectivity index (χ4n) is 2.99. The van der Waals surface area contributed by atoms with Gasteiger partial charge in [0.2, 0.25) is 0 Å². The van der Waals surface area contributed by atoms with Gasteiger partial charge in [0.1, 0.15) is 12.3 Å².